The molecular formula is C53H69N2O15S2+. The van der Waals surface area contributed by atoms with Crippen LogP contribution in [0.15, 0.2) is 117 Å². The van der Waals surface area contributed by atoms with Crippen molar-refractivity contribution in [1.82, 2.24) is 0 Å². The Bertz CT molecular complexity index is 2780. The number of allylic oxidation sites excluding steroid dienone is 7. The first-order valence-electron chi connectivity index (χ1n) is 24.0. The van der Waals surface area contributed by atoms with Crippen LogP contribution in [0.1, 0.15) is 70.1 Å². The van der Waals surface area contributed by atoms with Crippen LogP contribution in [0, 0.1) is 0 Å². The fourth-order valence-electron chi connectivity index (χ4n) is 9.16. The molecule has 0 spiro atoms. The van der Waals surface area contributed by atoms with E-state index in [0.717, 1.165) is 57.0 Å². The Morgan fingerprint density at radius 3 is 1.89 bits per heavy atom. The molecule has 17 nitrogen and oxygen atoms in total. The summed E-state index contributed by atoms with van der Waals surface area (Å²) < 4.78 is 112. The van der Waals surface area contributed by atoms with Gasteiger partial charge in [0.25, 0.3) is 20.2 Å². The second-order valence-corrected chi connectivity index (χ2v) is 21.4. The van der Waals surface area contributed by atoms with Gasteiger partial charge in [0, 0.05) is 61.7 Å². The number of aryl methyl sites for hydroxylation is 1. The highest BCUT2D eigenvalue weighted by molar-refractivity contribution is 7.86. The number of hydrogen-bond donors (Lipinski definition) is 3. The van der Waals surface area contributed by atoms with Crippen molar-refractivity contribution in [3.8, 4) is 5.75 Å². The van der Waals surface area contributed by atoms with E-state index in [9.17, 15) is 35.8 Å². The molecule has 1 aliphatic carbocycles. The predicted molar refractivity (Wildman–Crippen MR) is 272 cm³/mol. The summed E-state index contributed by atoms with van der Waals surface area (Å²) in [6.07, 6.45) is 10.6. The van der Waals surface area contributed by atoms with E-state index in [2.05, 4.69) is 9.48 Å². The average Bonchev–Trinajstić information content (AvgIpc) is 3.68. The van der Waals surface area contributed by atoms with Crippen LogP contribution in [-0.4, -0.2) is 141 Å². The lowest BCUT2D eigenvalue weighted by molar-refractivity contribution is -0.442. The minimum absolute atomic E-state index is 0.00570. The van der Waals surface area contributed by atoms with E-state index in [-0.39, 0.29) is 16.2 Å². The Balaban J connectivity index is 1.41. The maximum Gasteiger partial charge on any atom is 0.303 e. The zero-order valence-electron chi connectivity index (χ0n) is 42.1. The van der Waals surface area contributed by atoms with E-state index in [1.54, 1.807) is 26.4 Å². The highest BCUT2D eigenvalue weighted by Crippen LogP contribution is 2.49. The number of benzene rings is 3. The molecule has 0 amide bonds. The molecule has 0 saturated carbocycles. The summed E-state index contributed by atoms with van der Waals surface area (Å²) >= 11 is 0. The summed E-state index contributed by atoms with van der Waals surface area (Å²) in [6.45, 7) is 13.0. The van der Waals surface area contributed by atoms with Crippen LogP contribution in [0.2, 0.25) is 0 Å². The Kier molecular flexibility index (Phi) is 19.7. The summed E-state index contributed by atoms with van der Waals surface area (Å²) in [4.78, 5) is 13.0. The molecule has 0 bridgehead atoms. The smallest absolute Gasteiger partial charge is 0.303 e. The van der Waals surface area contributed by atoms with Gasteiger partial charge < -0.3 is 43.2 Å². The lowest BCUT2D eigenvalue weighted by atomic mass is 9.81. The summed E-state index contributed by atoms with van der Waals surface area (Å²) in [7, 11) is -5.76. The van der Waals surface area contributed by atoms with E-state index in [1.807, 2.05) is 76.3 Å². The van der Waals surface area contributed by atoms with Gasteiger partial charge in [0.15, 0.2) is 12.3 Å². The number of methoxy groups -OCH3 is 2. The van der Waals surface area contributed by atoms with Gasteiger partial charge >= 0.3 is 5.97 Å². The highest BCUT2D eigenvalue weighted by atomic mass is 32.2. The first kappa shape index (κ1) is 56.2. The Morgan fingerprint density at radius 1 is 0.694 bits per heavy atom. The molecule has 0 radical (unpaired) electrons. The lowest BCUT2D eigenvalue weighted by Gasteiger charge is -2.27. The molecule has 72 heavy (non-hydrogen) atoms. The zero-order valence-corrected chi connectivity index (χ0v) is 43.7. The van der Waals surface area contributed by atoms with Crippen molar-refractivity contribution in [3.05, 3.63) is 124 Å². The topological polar surface area (TPSA) is 217 Å². The van der Waals surface area contributed by atoms with Crippen LogP contribution in [0.3, 0.4) is 0 Å². The van der Waals surface area contributed by atoms with E-state index in [0.29, 0.717) is 110 Å². The lowest BCUT2D eigenvalue weighted by Crippen LogP contribution is -2.29. The second kappa shape index (κ2) is 25.3. The van der Waals surface area contributed by atoms with E-state index in [4.69, 9.17) is 33.2 Å². The number of hydrogen-bond acceptors (Lipinski definition) is 13. The molecule has 19 heteroatoms. The van der Waals surface area contributed by atoms with Gasteiger partial charge in [-0.25, -0.2) is 0 Å². The number of carboxylic acid groups (broad SMARTS) is 1. The van der Waals surface area contributed by atoms with Gasteiger partial charge in [-0.1, -0.05) is 32.1 Å². The van der Waals surface area contributed by atoms with Gasteiger partial charge in [-0.2, -0.15) is 21.4 Å². The standard InChI is InChI=1S/C53H68N2O15S2/c1-52(2)44-36-42(71(58,59)60)17-19-46(44)54(24-26-66-32-34-68-30-28-64-5)48(52)21-13-39-8-7-9-40(51(39)70-41-15-10-38(11-16-41)12-23-50(56)57)14-22-49-53(3,4)45-37-43(72(61,62)63)18-20-47(45)55(49)25-27-67-33-35-69-31-29-65-6/h10-11,13-22,36-37H,7-9,12,23-35H2,1-6H3,(H2-,56,57,58,59,60,61,62,63)/p+1. The minimum Gasteiger partial charge on any atom is -0.481 e. The van der Waals surface area contributed by atoms with Crippen molar-refractivity contribution in [1.29, 1.82) is 0 Å². The summed E-state index contributed by atoms with van der Waals surface area (Å²) in [6, 6.07) is 16.6. The number of fused-ring (bicyclic) bond motifs is 2. The second-order valence-electron chi connectivity index (χ2n) is 18.6. The quantitative estimate of drug-likeness (QED) is 0.0362. The summed E-state index contributed by atoms with van der Waals surface area (Å²) in [5.41, 5.74) is 5.95. The fraction of sp³-hybridized carbons (Fsp3) is 0.472. The molecule has 0 saturated heterocycles. The van der Waals surface area contributed by atoms with Crippen LogP contribution < -0.4 is 9.64 Å². The largest absolute Gasteiger partial charge is 0.481 e. The fourth-order valence-corrected chi connectivity index (χ4v) is 10.2. The van der Waals surface area contributed by atoms with Crippen molar-refractivity contribution < 1.29 is 73.6 Å². The van der Waals surface area contributed by atoms with Crippen LogP contribution >= 0.6 is 0 Å². The van der Waals surface area contributed by atoms with Crippen LogP contribution in [-0.2, 0) is 70.7 Å². The normalized spacial score (nSPS) is 17.7. The molecule has 0 aromatic heterocycles. The van der Waals surface area contributed by atoms with Gasteiger partial charge in [0.05, 0.1) is 74.7 Å². The van der Waals surface area contributed by atoms with Gasteiger partial charge in [-0.3, -0.25) is 13.9 Å². The first-order chi connectivity index (χ1) is 34.3. The molecule has 3 N–H and O–H groups in total. The molecule has 2 aliphatic heterocycles. The van der Waals surface area contributed by atoms with E-state index < -0.39 is 37.0 Å². The number of carboxylic acids is 1. The molecule has 0 fully saturated rings. The molecule has 392 valence electrons. The number of nitrogens with zero attached hydrogens (tertiary/aromatic N) is 2. The predicted octanol–water partition coefficient (Wildman–Crippen LogP) is 7.61. The first-order valence-corrected chi connectivity index (χ1v) is 26.9. The number of carbonyl (C=O) groups is 1. The molecule has 3 aromatic rings. The van der Waals surface area contributed by atoms with Gasteiger partial charge in [-0.15, -0.1) is 0 Å². The summed E-state index contributed by atoms with van der Waals surface area (Å²) in [5, 5.41) is 9.29. The van der Waals surface area contributed by atoms with Gasteiger partial charge in [-0.05, 0) is 116 Å². The zero-order chi connectivity index (χ0) is 52.1. The molecular weight excluding hydrogens is 969 g/mol. The molecule has 3 aromatic carbocycles. The van der Waals surface area contributed by atoms with Gasteiger partial charge in [0.2, 0.25) is 5.69 Å². The number of aliphatic carboxylic acids is 1. The highest BCUT2D eigenvalue weighted by Gasteiger charge is 2.45. The molecule has 0 atom stereocenters. The number of anilines is 1. The Hall–Kier alpha value is -5.06. The number of ether oxygens (including phenoxy) is 7. The van der Waals surface area contributed by atoms with Crippen molar-refractivity contribution in [2.24, 2.45) is 0 Å². The van der Waals surface area contributed by atoms with Crippen LogP contribution in [0.5, 0.6) is 5.75 Å². The number of rotatable bonds is 28. The van der Waals surface area contributed by atoms with Crippen LogP contribution in [0.25, 0.3) is 0 Å². The molecule has 6 rings (SSSR count). The third-order valence-electron chi connectivity index (χ3n) is 13.0. The summed E-state index contributed by atoms with van der Waals surface area (Å²) in [5.74, 6) is 0.296. The van der Waals surface area contributed by atoms with Crippen molar-refractivity contribution >= 4 is 43.3 Å². The maximum absolute atomic E-state index is 12.4. The third kappa shape index (κ3) is 14.4. The van der Waals surface area contributed by atoms with E-state index >= 15 is 0 Å². The van der Waals surface area contributed by atoms with Crippen molar-refractivity contribution in [2.45, 2.75) is 80.4 Å². The Labute approximate surface area is 423 Å². The molecule has 3 aliphatic rings. The monoisotopic (exact) mass is 1040 g/mol. The van der Waals surface area contributed by atoms with Crippen molar-refractivity contribution in [3.63, 3.8) is 0 Å². The molecule has 2 heterocycles. The minimum atomic E-state index is -4.49. The third-order valence-corrected chi connectivity index (χ3v) is 14.7. The Morgan fingerprint density at radius 2 is 1.28 bits per heavy atom. The average molecular weight is 1040 g/mol. The van der Waals surface area contributed by atoms with Crippen LogP contribution in [0.4, 0.5) is 11.4 Å². The van der Waals surface area contributed by atoms with Gasteiger partial charge in [0.1, 0.15) is 18.1 Å². The maximum atomic E-state index is 12.4. The SMILES string of the molecule is COCCOCCOCCN1/C(=C/C=C2\CCCC(/C=C/C3=[N+](CCOCCOCCOC)c4ccc(S(=O)(=O)O)cc4C3(C)C)=C2Oc2ccc(CCC(=O)O)cc2)C(C)(C)c2cc(S(=O)(=O)O)ccc21. The van der Waals surface area contributed by atoms with Crippen molar-refractivity contribution in [2.75, 3.05) is 98.3 Å². The van der Waals surface area contributed by atoms with E-state index in [1.165, 1.54) is 24.3 Å². The molecule has 0 unspecified atom stereocenters.